The summed E-state index contributed by atoms with van der Waals surface area (Å²) in [5, 5.41) is 13.5. The normalized spacial score (nSPS) is 22.8. The van der Waals surface area contributed by atoms with Gasteiger partial charge in [-0.3, -0.25) is 0 Å². The van der Waals surface area contributed by atoms with Crippen molar-refractivity contribution in [3.05, 3.63) is 60.6 Å². The Labute approximate surface area is 187 Å². The first-order valence-corrected chi connectivity index (χ1v) is 12.0. The Morgan fingerprint density at radius 2 is 2.03 bits per heavy atom. The van der Waals surface area contributed by atoms with Crippen molar-refractivity contribution in [3.63, 3.8) is 0 Å². The molecule has 1 saturated heterocycles. The Morgan fingerprint density at radius 1 is 1.22 bits per heavy atom. The molecule has 2 aromatic carbocycles. The summed E-state index contributed by atoms with van der Waals surface area (Å²) in [6.07, 6.45) is 3.69. The fraction of sp³-hybridized carbons (Fsp3) is 0.348. The van der Waals surface area contributed by atoms with E-state index in [1.807, 2.05) is 36.4 Å². The van der Waals surface area contributed by atoms with E-state index in [2.05, 4.69) is 16.4 Å². The number of nitrogens with one attached hydrogen (secondary N) is 1. The molecule has 3 atom stereocenters. The van der Waals surface area contributed by atoms with E-state index in [-0.39, 0.29) is 29.6 Å². The number of anilines is 1. The summed E-state index contributed by atoms with van der Waals surface area (Å²) in [6, 6.07) is 13.2. The van der Waals surface area contributed by atoms with Gasteiger partial charge in [-0.25, -0.2) is 13.4 Å². The second-order valence-corrected chi connectivity index (χ2v) is 10.2. The van der Waals surface area contributed by atoms with Gasteiger partial charge in [0.1, 0.15) is 5.75 Å². The van der Waals surface area contributed by atoms with Gasteiger partial charge in [-0.2, -0.15) is 4.31 Å². The van der Waals surface area contributed by atoms with Crippen LogP contribution in [0.1, 0.15) is 18.0 Å². The second kappa shape index (κ2) is 7.91. The standard InChI is InChI=1S/C23H26N4O4S/c1-26-12-22(24-14-26)32(29,30)27-9-8-18-21(13-28)25-20-7-6-16(11-19(20)23(18)27)15-4-3-5-17(10-15)31-2/h3-7,10-12,14,18,21,23,25,28H,8-9,13H2,1-2H3/t18-,21+,23-/m1/s1. The molecule has 3 heterocycles. The van der Waals surface area contributed by atoms with E-state index in [9.17, 15) is 13.5 Å². The van der Waals surface area contributed by atoms with Gasteiger partial charge in [-0.15, -0.1) is 0 Å². The number of aliphatic hydroxyl groups excluding tert-OH is 1. The van der Waals surface area contributed by atoms with E-state index in [0.717, 1.165) is 28.1 Å². The number of sulfonamides is 1. The van der Waals surface area contributed by atoms with E-state index in [4.69, 9.17) is 4.74 Å². The molecule has 0 radical (unpaired) electrons. The molecule has 1 aromatic heterocycles. The predicted molar refractivity (Wildman–Crippen MR) is 121 cm³/mol. The molecule has 0 unspecified atom stereocenters. The van der Waals surface area contributed by atoms with Gasteiger partial charge in [-0.1, -0.05) is 18.2 Å². The van der Waals surface area contributed by atoms with Crippen molar-refractivity contribution < 1.29 is 18.3 Å². The number of fused-ring (bicyclic) bond motifs is 3. The van der Waals surface area contributed by atoms with Crippen LogP contribution in [0.4, 0.5) is 5.69 Å². The molecule has 2 aliphatic heterocycles. The maximum absolute atomic E-state index is 13.5. The van der Waals surface area contributed by atoms with Crippen LogP contribution in [0.15, 0.2) is 60.0 Å². The molecule has 8 nitrogen and oxygen atoms in total. The van der Waals surface area contributed by atoms with Crippen molar-refractivity contribution in [2.75, 3.05) is 25.6 Å². The van der Waals surface area contributed by atoms with E-state index in [1.54, 1.807) is 23.0 Å². The van der Waals surface area contributed by atoms with Crippen LogP contribution in [-0.2, 0) is 17.1 Å². The van der Waals surface area contributed by atoms with E-state index in [0.29, 0.717) is 13.0 Å². The smallest absolute Gasteiger partial charge is 0.262 e. The quantitative estimate of drug-likeness (QED) is 0.615. The number of ether oxygens (including phenoxy) is 1. The summed E-state index contributed by atoms with van der Waals surface area (Å²) in [4.78, 5) is 4.10. The van der Waals surface area contributed by atoms with Crippen LogP contribution in [0.2, 0.25) is 0 Å². The molecule has 5 rings (SSSR count). The van der Waals surface area contributed by atoms with Gasteiger partial charge >= 0.3 is 0 Å². The molecule has 32 heavy (non-hydrogen) atoms. The first-order valence-electron chi connectivity index (χ1n) is 10.6. The van der Waals surface area contributed by atoms with Gasteiger partial charge in [0, 0.05) is 31.4 Å². The fourth-order valence-electron chi connectivity index (χ4n) is 4.91. The first kappa shape index (κ1) is 21.0. The van der Waals surface area contributed by atoms with Crippen LogP contribution in [0.5, 0.6) is 5.75 Å². The van der Waals surface area contributed by atoms with Crippen LogP contribution in [0, 0.1) is 5.92 Å². The third-order valence-corrected chi connectivity index (χ3v) is 8.25. The monoisotopic (exact) mass is 454 g/mol. The predicted octanol–water partition coefficient (Wildman–Crippen LogP) is 2.63. The molecule has 0 aliphatic carbocycles. The van der Waals surface area contributed by atoms with Crippen LogP contribution in [0.25, 0.3) is 11.1 Å². The Hall–Kier alpha value is -2.88. The summed E-state index contributed by atoms with van der Waals surface area (Å²) < 4.78 is 35.5. The number of aromatic nitrogens is 2. The Morgan fingerprint density at radius 3 is 2.75 bits per heavy atom. The molecule has 0 bridgehead atoms. The van der Waals surface area contributed by atoms with Gasteiger partial charge in [0.15, 0.2) is 5.03 Å². The minimum atomic E-state index is -3.78. The third kappa shape index (κ3) is 3.37. The lowest BCUT2D eigenvalue weighted by Gasteiger charge is -2.38. The number of imidazole rings is 1. The molecular formula is C23H26N4O4S. The number of aliphatic hydroxyl groups is 1. The lowest BCUT2D eigenvalue weighted by Crippen LogP contribution is -2.42. The molecule has 2 N–H and O–H groups in total. The fourth-order valence-corrected chi connectivity index (χ4v) is 6.55. The zero-order valence-corrected chi connectivity index (χ0v) is 18.8. The topological polar surface area (TPSA) is 96.7 Å². The number of hydrogen-bond donors (Lipinski definition) is 2. The number of hydrogen-bond acceptors (Lipinski definition) is 6. The number of methoxy groups -OCH3 is 1. The minimum absolute atomic E-state index is 0.0356. The first-order chi connectivity index (χ1) is 15.4. The summed E-state index contributed by atoms with van der Waals surface area (Å²) >= 11 is 0. The van der Waals surface area contributed by atoms with Gasteiger partial charge in [0.2, 0.25) is 0 Å². The second-order valence-electron chi connectivity index (χ2n) is 8.36. The van der Waals surface area contributed by atoms with Crippen LogP contribution < -0.4 is 10.1 Å². The molecule has 9 heteroatoms. The molecule has 3 aromatic rings. The highest BCUT2D eigenvalue weighted by Crippen LogP contribution is 2.49. The van der Waals surface area contributed by atoms with Crippen LogP contribution in [0.3, 0.4) is 0 Å². The van der Waals surface area contributed by atoms with Gasteiger partial charge in [0.05, 0.1) is 32.1 Å². The van der Waals surface area contributed by atoms with Crippen molar-refractivity contribution in [2.24, 2.45) is 13.0 Å². The zero-order valence-electron chi connectivity index (χ0n) is 18.0. The molecule has 0 spiro atoms. The Bertz CT molecular complexity index is 1260. The van der Waals surface area contributed by atoms with Crippen molar-refractivity contribution in [3.8, 4) is 16.9 Å². The molecule has 0 amide bonds. The summed E-state index contributed by atoms with van der Waals surface area (Å²) in [5.41, 5.74) is 3.73. The van der Waals surface area contributed by atoms with Gasteiger partial charge in [-0.05, 0) is 47.4 Å². The maximum Gasteiger partial charge on any atom is 0.262 e. The third-order valence-electron chi connectivity index (χ3n) is 6.48. The molecule has 0 saturated carbocycles. The number of nitrogens with zero attached hydrogens (tertiary/aromatic N) is 3. The zero-order chi connectivity index (χ0) is 22.5. The van der Waals surface area contributed by atoms with Crippen molar-refractivity contribution in [1.29, 1.82) is 0 Å². The highest BCUT2D eigenvalue weighted by Gasteiger charge is 2.49. The minimum Gasteiger partial charge on any atom is -0.497 e. The average molecular weight is 455 g/mol. The maximum atomic E-state index is 13.5. The number of aryl methyl sites for hydroxylation is 1. The number of benzene rings is 2. The van der Waals surface area contributed by atoms with E-state index in [1.165, 1.54) is 12.5 Å². The molecule has 2 aliphatic rings. The van der Waals surface area contributed by atoms with Gasteiger partial charge < -0.3 is 19.7 Å². The largest absolute Gasteiger partial charge is 0.497 e. The average Bonchev–Trinajstić information content (AvgIpc) is 3.46. The molecular weight excluding hydrogens is 428 g/mol. The van der Waals surface area contributed by atoms with Crippen LogP contribution in [-0.4, -0.2) is 53.7 Å². The lowest BCUT2D eigenvalue weighted by molar-refractivity contribution is 0.210. The molecule has 1 fully saturated rings. The highest BCUT2D eigenvalue weighted by atomic mass is 32.2. The molecule has 168 valence electrons. The Kier molecular flexibility index (Phi) is 5.19. The highest BCUT2D eigenvalue weighted by molar-refractivity contribution is 7.89. The van der Waals surface area contributed by atoms with Crippen LogP contribution >= 0.6 is 0 Å². The van der Waals surface area contributed by atoms with Crippen molar-refractivity contribution >= 4 is 15.7 Å². The van der Waals surface area contributed by atoms with Crippen molar-refractivity contribution in [1.82, 2.24) is 13.9 Å². The van der Waals surface area contributed by atoms with E-state index >= 15 is 0 Å². The SMILES string of the molecule is COc1cccc(-c2ccc3c(c2)[C@H]2[C@H](CCN2S(=O)(=O)c2cn(C)cn2)[C@H](CO)N3)c1. The van der Waals surface area contributed by atoms with Crippen molar-refractivity contribution in [2.45, 2.75) is 23.5 Å². The summed E-state index contributed by atoms with van der Waals surface area (Å²) in [6.45, 7) is 0.324. The lowest BCUT2D eigenvalue weighted by atomic mass is 9.82. The summed E-state index contributed by atoms with van der Waals surface area (Å²) in [5.74, 6) is 0.725. The number of rotatable bonds is 5. The Balaban J connectivity index is 1.61. The van der Waals surface area contributed by atoms with E-state index < -0.39 is 10.0 Å². The summed E-state index contributed by atoms with van der Waals surface area (Å²) in [7, 11) is -0.395. The van der Waals surface area contributed by atoms with Gasteiger partial charge in [0.25, 0.3) is 10.0 Å².